The van der Waals surface area contributed by atoms with Crippen LogP contribution in [0.5, 0.6) is 5.75 Å². The number of amides is 4. The molecule has 2 aromatic carbocycles. The number of nitrogens with one attached hydrogen (secondary N) is 4. The van der Waals surface area contributed by atoms with Crippen LogP contribution in [0.2, 0.25) is 5.02 Å². The standard InChI is InChI=1S/C28H37ClN4O5/c1-6-28(4,24(34)26(36)30-17-20-13-10-14-21(29)23(20)38-5)33-25(35)22(15-18(2)3)32-27(37)31-16-19-11-8-7-9-12-19/h7-14,18,22H,6,15-17H2,1-5H3,(H,30,36)(H,33,35)(H2,31,32,37)/t22-,28?/m0/s1. The van der Waals surface area contributed by atoms with Crippen molar-refractivity contribution in [2.24, 2.45) is 5.92 Å². The number of halogens is 1. The average molecular weight is 545 g/mol. The molecule has 0 saturated heterocycles. The SMILES string of the molecule is CCC(C)(NC(=O)[C@H](CC(C)C)NC(=O)NCc1ccccc1)C(=O)C(=O)NCc1cccc(Cl)c1OC. The third-order valence-electron chi connectivity index (χ3n) is 6.13. The first-order valence-corrected chi connectivity index (χ1v) is 12.9. The summed E-state index contributed by atoms with van der Waals surface area (Å²) in [6.07, 6.45) is 0.513. The van der Waals surface area contributed by atoms with Crippen LogP contribution in [0.3, 0.4) is 0 Å². The van der Waals surface area contributed by atoms with Gasteiger partial charge in [0, 0.05) is 18.7 Å². The van der Waals surface area contributed by atoms with E-state index < -0.39 is 35.2 Å². The first-order valence-electron chi connectivity index (χ1n) is 12.5. The number of hydrogen-bond acceptors (Lipinski definition) is 5. The molecule has 2 rings (SSSR count). The average Bonchev–Trinajstić information content (AvgIpc) is 2.89. The van der Waals surface area contributed by atoms with Crippen LogP contribution < -0.4 is 26.0 Å². The van der Waals surface area contributed by atoms with Crippen LogP contribution >= 0.6 is 11.6 Å². The van der Waals surface area contributed by atoms with E-state index in [1.165, 1.54) is 14.0 Å². The number of urea groups is 1. The van der Waals surface area contributed by atoms with Gasteiger partial charge in [-0.05, 0) is 37.3 Å². The maximum absolute atomic E-state index is 13.2. The van der Waals surface area contributed by atoms with E-state index in [1.54, 1.807) is 25.1 Å². The molecule has 0 aromatic heterocycles. The number of carbonyl (C=O) groups excluding carboxylic acids is 4. The first kappa shape index (κ1) is 30.6. The van der Waals surface area contributed by atoms with E-state index in [2.05, 4.69) is 21.3 Å². The Morgan fingerprint density at radius 2 is 1.66 bits per heavy atom. The van der Waals surface area contributed by atoms with E-state index in [9.17, 15) is 19.2 Å². The van der Waals surface area contributed by atoms with Crippen molar-refractivity contribution in [1.29, 1.82) is 0 Å². The zero-order valence-electron chi connectivity index (χ0n) is 22.5. The lowest BCUT2D eigenvalue weighted by Crippen LogP contribution is -2.61. The van der Waals surface area contributed by atoms with Crippen molar-refractivity contribution in [3.05, 3.63) is 64.7 Å². The molecule has 206 valence electrons. The fraction of sp³-hybridized carbons (Fsp3) is 0.429. The highest BCUT2D eigenvalue weighted by Gasteiger charge is 2.39. The Balaban J connectivity index is 2.05. The van der Waals surface area contributed by atoms with Gasteiger partial charge in [0.25, 0.3) is 5.91 Å². The van der Waals surface area contributed by atoms with Gasteiger partial charge in [0.2, 0.25) is 11.7 Å². The predicted molar refractivity (Wildman–Crippen MR) is 147 cm³/mol. The molecule has 38 heavy (non-hydrogen) atoms. The van der Waals surface area contributed by atoms with E-state index in [-0.39, 0.29) is 18.9 Å². The number of methoxy groups -OCH3 is 1. The molecule has 0 bridgehead atoms. The summed E-state index contributed by atoms with van der Waals surface area (Å²) in [5.41, 5.74) is 0.0426. The summed E-state index contributed by atoms with van der Waals surface area (Å²) in [5.74, 6) is -1.71. The van der Waals surface area contributed by atoms with Crippen LogP contribution in [0.4, 0.5) is 4.79 Å². The lowest BCUT2D eigenvalue weighted by atomic mass is 9.91. The van der Waals surface area contributed by atoms with Gasteiger partial charge in [-0.15, -0.1) is 0 Å². The van der Waals surface area contributed by atoms with Crippen molar-refractivity contribution in [2.45, 2.75) is 65.2 Å². The summed E-state index contributed by atoms with van der Waals surface area (Å²) >= 11 is 6.13. The second kappa shape index (κ2) is 14.4. The Kier molecular flexibility index (Phi) is 11.6. The highest BCUT2D eigenvalue weighted by atomic mass is 35.5. The first-order chi connectivity index (χ1) is 18.0. The number of ketones is 1. The van der Waals surface area contributed by atoms with Gasteiger partial charge in [0.05, 0.1) is 12.1 Å². The quantitative estimate of drug-likeness (QED) is 0.286. The van der Waals surface area contributed by atoms with Gasteiger partial charge < -0.3 is 26.0 Å². The predicted octanol–water partition coefficient (Wildman–Crippen LogP) is 3.73. The maximum atomic E-state index is 13.2. The van der Waals surface area contributed by atoms with E-state index >= 15 is 0 Å². The Bertz CT molecular complexity index is 1130. The number of carbonyl (C=O) groups is 4. The van der Waals surface area contributed by atoms with Gasteiger partial charge in [-0.3, -0.25) is 14.4 Å². The number of para-hydroxylation sites is 1. The fourth-order valence-corrected chi connectivity index (χ4v) is 4.05. The van der Waals surface area contributed by atoms with E-state index in [4.69, 9.17) is 16.3 Å². The molecule has 4 amide bonds. The van der Waals surface area contributed by atoms with Crippen LogP contribution in [-0.4, -0.2) is 42.3 Å². The van der Waals surface area contributed by atoms with Crippen molar-refractivity contribution in [3.8, 4) is 5.75 Å². The van der Waals surface area contributed by atoms with Gasteiger partial charge >= 0.3 is 6.03 Å². The number of rotatable bonds is 13. The highest BCUT2D eigenvalue weighted by molar-refractivity contribution is 6.39. The van der Waals surface area contributed by atoms with Gasteiger partial charge in [-0.25, -0.2) is 4.79 Å². The van der Waals surface area contributed by atoms with E-state index in [1.807, 2.05) is 44.2 Å². The molecular formula is C28H37ClN4O5. The monoisotopic (exact) mass is 544 g/mol. The summed E-state index contributed by atoms with van der Waals surface area (Å²) < 4.78 is 5.28. The zero-order chi connectivity index (χ0) is 28.3. The Morgan fingerprint density at radius 3 is 2.26 bits per heavy atom. The third-order valence-corrected chi connectivity index (χ3v) is 6.43. The minimum Gasteiger partial charge on any atom is -0.495 e. The Hall–Kier alpha value is -3.59. The molecule has 0 radical (unpaired) electrons. The minimum atomic E-state index is -1.48. The number of ether oxygens (including phenoxy) is 1. The smallest absolute Gasteiger partial charge is 0.315 e. The van der Waals surface area contributed by atoms with Gasteiger partial charge in [-0.1, -0.05) is 74.8 Å². The highest BCUT2D eigenvalue weighted by Crippen LogP contribution is 2.28. The number of benzene rings is 2. The van der Waals surface area contributed by atoms with E-state index in [0.717, 1.165) is 5.56 Å². The molecule has 0 saturated carbocycles. The number of Topliss-reactive ketones (excluding diaryl/α,β-unsaturated/α-hetero) is 1. The van der Waals surface area contributed by atoms with Crippen LogP contribution in [0.1, 0.15) is 51.7 Å². The normalized spacial score (nSPS) is 13.1. The molecule has 10 heteroatoms. The largest absolute Gasteiger partial charge is 0.495 e. The molecule has 0 spiro atoms. The molecule has 2 aromatic rings. The summed E-state index contributed by atoms with van der Waals surface area (Å²) in [6.45, 7) is 7.35. The molecule has 0 aliphatic rings. The van der Waals surface area contributed by atoms with Crippen molar-refractivity contribution in [2.75, 3.05) is 7.11 Å². The van der Waals surface area contributed by atoms with Crippen LogP contribution in [0, 0.1) is 5.92 Å². The maximum Gasteiger partial charge on any atom is 0.315 e. The zero-order valence-corrected chi connectivity index (χ0v) is 23.3. The second-order valence-corrected chi connectivity index (χ2v) is 10.0. The molecule has 0 heterocycles. The molecule has 9 nitrogen and oxygen atoms in total. The molecular weight excluding hydrogens is 508 g/mol. The Labute approximate surface area is 229 Å². The molecule has 2 atom stereocenters. The summed E-state index contributed by atoms with van der Waals surface area (Å²) in [5, 5.41) is 11.1. The van der Waals surface area contributed by atoms with Crippen LogP contribution in [0.15, 0.2) is 48.5 Å². The summed E-state index contributed by atoms with van der Waals surface area (Å²) in [6, 6.07) is 13.1. The van der Waals surface area contributed by atoms with E-state index in [0.29, 0.717) is 29.3 Å². The van der Waals surface area contributed by atoms with Gasteiger partial charge in [-0.2, -0.15) is 0 Å². The van der Waals surface area contributed by atoms with Crippen molar-refractivity contribution >= 4 is 35.2 Å². The topological polar surface area (TPSA) is 126 Å². The molecule has 0 fully saturated rings. The molecule has 1 unspecified atom stereocenters. The van der Waals surface area contributed by atoms with Crippen LogP contribution in [0.25, 0.3) is 0 Å². The minimum absolute atomic E-state index is 0.0150. The van der Waals surface area contributed by atoms with Crippen molar-refractivity contribution in [3.63, 3.8) is 0 Å². The summed E-state index contributed by atoms with van der Waals surface area (Å²) in [4.78, 5) is 51.6. The Morgan fingerprint density at radius 1 is 0.974 bits per heavy atom. The lowest BCUT2D eigenvalue weighted by Gasteiger charge is -2.30. The van der Waals surface area contributed by atoms with Gasteiger partial charge in [0.15, 0.2) is 0 Å². The third kappa shape index (κ3) is 8.76. The van der Waals surface area contributed by atoms with Crippen molar-refractivity contribution < 1.29 is 23.9 Å². The lowest BCUT2D eigenvalue weighted by molar-refractivity contribution is -0.143. The second-order valence-electron chi connectivity index (χ2n) is 9.61. The van der Waals surface area contributed by atoms with Crippen molar-refractivity contribution in [1.82, 2.24) is 21.3 Å². The molecule has 0 aliphatic carbocycles. The molecule has 4 N–H and O–H groups in total. The van der Waals surface area contributed by atoms with Crippen LogP contribution in [-0.2, 0) is 27.5 Å². The number of hydrogen-bond donors (Lipinski definition) is 4. The summed E-state index contributed by atoms with van der Waals surface area (Å²) in [7, 11) is 1.46. The van der Waals surface area contributed by atoms with Gasteiger partial charge in [0.1, 0.15) is 17.3 Å². The fourth-order valence-electron chi connectivity index (χ4n) is 3.78. The molecule has 0 aliphatic heterocycles.